The maximum Gasteiger partial charge on any atom is 0.405 e. The van der Waals surface area contributed by atoms with Gasteiger partial charge in [-0.15, -0.1) is 0 Å². The summed E-state index contributed by atoms with van der Waals surface area (Å²) in [5.41, 5.74) is 0. The minimum atomic E-state index is -1.28. The quantitative estimate of drug-likeness (QED) is 0.629. The second-order valence-electron chi connectivity index (χ2n) is 4.78. The molecule has 0 aromatic heterocycles. The number of carboxylic acids is 1. The number of hydrogen-bond acceptors (Lipinski definition) is 3. The second kappa shape index (κ2) is 5.29. The molecule has 0 spiro atoms. The maximum atomic E-state index is 12.3. The minimum Gasteiger partial charge on any atom is -0.480 e. The lowest BCUT2D eigenvalue weighted by atomic mass is 10.0. The van der Waals surface area contributed by atoms with Gasteiger partial charge in [-0.1, -0.05) is 12.2 Å². The number of fused-ring (bicyclic) bond motifs is 1. The van der Waals surface area contributed by atoms with Crippen molar-refractivity contribution in [3.63, 3.8) is 0 Å². The molecule has 104 valence electrons. The first-order valence-corrected chi connectivity index (χ1v) is 6.20. The average Bonchev–Trinajstić information content (AvgIpc) is 2.73. The largest absolute Gasteiger partial charge is 0.480 e. The molecule has 3 atom stereocenters. The summed E-state index contributed by atoms with van der Waals surface area (Å²) >= 11 is 0. The number of hydrogen-bond donors (Lipinski definition) is 3. The number of carbonyl (C=O) groups is 3. The van der Waals surface area contributed by atoms with Gasteiger partial charge in [0.05, 0.1) is 0 Å². The molecular formula is C12H16N2O5. The fourth-order valence-electron chi connectivity index (χ4n) is 2.73. The van der Waals surface area contributed by atoms with Crippen LogP contribution in [0.1, 0.15) is 25.7 Å². The SMILES string of the molecule is O=C(O)N[C@H]1C/C=C\C[C@H]2CC[C@@H](C(=O)O)N2C1=O. The molecule has 1 fully saturated rings. The lowest BCUT2D eigenvalue weighted by Gasteiger charge is -2.32. The smallest absolute Gasteiger partial charge is 0.405 e. The van der Waals surface area contributed by atoms with Crippen molar-refractivity contribution in [2.45, 2.75) is 43.8 Å². The molecule has 2 heterocycles. The summed E-state index contributed by atoms with van der Waals surface area (Å²) in [6.45, 7) is 0. The Morgan fingerprint density at radius 2 is 1.89 bits per heavy atom. The van der Waals surface area contributed by atoms with Gasteiger partial charge in [-0.25, -0.2) is 9.59 Å². The van der Waals surface area contributed by atoms with Gasteiger partial charge in [0, 0.05) is 6.04 Å². The van der Waals surface area contributed by atoms with E-state index in [1.165, 1.54) is 4.90 Å². The Morgan fingerprint density at radius 3 is 2.53 bits per heavy atom. The molecule has 0 saturated carbocycles. The molecule has 1 saturated heterocycles. The molecule has 7 nitrogen and oxygen atoms in total. The molecule has 19 heavy (non-hydrogen) atoms. The van der Waals surface area contributed by atoms with Crippen LogP contribution < -0.4 is 5.32 Å². The molecule has 0 aromatic carbocycles. The summed E-state index contributed by atoms with van der Waals surface area (Å²) in [6.07, 6.45) is 4.28. The summed E-state index contributed by atoms with van der Waals surface area (Å²) in [4.78, 5) is 35.5. The molecule has 0 radical (unpaired) electrons. The van der Waals surface area contributed by atoms with E-state index in [0.717, 1.165) is 0 Å². The van der Waals surface area contributed by atoms with Crippen LogP contribution in [-0.2, 0) is 9.59 Å². The van der Waals surface area contributed by atoms with Crippen molar-refractivity contribution in [1.82, 2.24) is 10.2 Å². The standard InChI is InChI=1S/C12H16N2O5/c15-10-8(13-12(18)19)4-2-1-3-7-5-6-9(11(16)17)14(7)10/h1-2,7-9,13H,3-6H2,(H,16,17)(H,18,19)/b2-1-/t7-,8-,9-/m0/s1. The zero-order chi connectivity index (χ0) is 14.0. The van der Waals surface area contributed by atoms with Crippen molar-refractivity contribution in [2.24, 2.45) is 0 Å². The van der Waals surface area contributed by atoms with Crippen LogP contribution in [0.3, 0.4) is 0 Å². The number of nitrogens with zero attached hydrogens (tertiary/aromatic N) is 1. The summed E-state index contributed by atoms with van der Waals surface area (Å²) in [5, 5.41) is 20.0. The third kappa shape index (κ3) is 2.69. The van der Waals surface area contributed by atoms with Crippen LogP contribution in [0.25, 0.3) is 0 Å². The number of carboxylic acid groups (broad SMARTS) is 2. The van der Waals surface area contributed by atoms with E-state index >= 15 is 0 Å². The lowest BCUT2D eigenvalue weighted by molar-refractivity contribution is -0.150. The van der Waals surface area contributed by atoms with Gasteiger partial charge in [-0.2, -0.15) is 0 Å². The summed E-state index contributed by atoms with van der Waals surface area (Å²) in [7, 11) is 0. The fraction of sp³-hybridized carbons (Fsp3) is 0.583. The first kappa shape index (κ1) is 13.4. The molecule has 7 heteroatoms. The minimum absolute atomic E-state index is 0.150. The Bertz CT molecular complexity index is 434. The van der Waals surface area contributed by atoms with Gasteiger partial charge in [-0.05, 0) is 25.7 Å². The molecule has 3 N–H and O–H groups in total. The Hall–Kier alpha value is -2.05. The summed E-state index contributed by atoms with van der Waals surface area (Å²) < 4.78 is 0. The number of carbonyl (C=O) groups excluding carboxylic acids is 1. The molecule has 0 aromatic rings. The highest BCUT2D eigenvalue weighted by Gasteiger charge is 2.43. The van der Waals surface area contributed by atoms with Crippen molar-refractivity contribution >= 4 is 18.0 Å². The van der Waals surface area contributed by atoms with Crippen molar-refractivity contribution in [2.75, 3.05) is 0 Å². The van der Waals surface area contributed by atoms with Gasteiger partial charge in [0.15, 0.2) is 0 Å². The highest BCUT2D eigenvalue weighted by Crippen LogP contribution is 2.29. The third-order valence-electron chi connectivity index (χ3n) is 3.58. The molecule has 2 rings (SSSR count). The van der Waals surface area contributed by atoms with Gasteiger partial charge in [-0.3, -0.25) is 4.79 Å². The molecule has 2 aliphatic heterocycles. The van der Waals surface area contributed by atoms with Crippen LogP contribution in [0.4, 0.5) is 4.79 Å². The van der Waals surface area contributed by atoms with Gasteiger partial charge >= 0.3 is 12.1 Å². The topological polar surface area (TPSA) is 107 Å². The first-order valence-electron chi connectivity index (χ1n) is 6.20. The normalized spacial score (nSPS) is 32.1. The van der Waals surface area contributed by atoms with Crippen LogP contribution in [0.15, 0.2) is 12.2 Å². The molecule has 2 amide bonds. The molecule has 0 unspecified atom stereocenters. The summed E-state index contributed by atoms with van der Waals surface area (Å²) in [5.74, 6) is -1.48. The lowest BCUT2D eigenvalue weighted by Crippen LogP contribution is -2.54. The monoisotopic (exact) mass is 268 g/mol. The first-order chi connectivity index (χ1) is 9.00. The van der Waals surface area contributed by atoms with E-state index in [0.29, 0.717) is 19.3 Å². The third-order valence-corrected chi connectivity index (χ3v) is 3.58. The van der Waals surface area contributed by atoms with E-state index in [1.54, 1.807) is 6.08 Å². The van der Waals surface area contributed by atoms with Crippen LogP contribution in [0.5, 0.6) is 0 Å². The van der Waals surface area contributed by atoms with E-state index in [2.05, 4.69) is 5.32 Å². The zero-order valence-corrected chi connectivity index (χ0v) is 10.3. The van der Waals surface area contributed by atoms with Crippen LogP contribution >= 0.6 is 0 Å². The van der Waals surface area contributed by atoms with Crippen molar-refractivity contribution < 1.29 is 24.6 Å². The van der Waals surface area contributed by atoms with Crippen molar-refractivity contribution in [1.29, 1.82) is 0 Å². The number of amides is 2. The van der Waals surface area contributed by atoms with Crippen molar-refractivity contribution in [3.05, 3.63) is 12.2 Å². The van der Waals surface area contributed by atoms with Crippen molar-refractivity contribution in [3.8, 4) is 0 Å². The highest BCUT2D eigenvalue weighted by molar-refractivity contribution is 5.90. The number of aliphatic carboxylic acids is 1. The van der Waals surface area contributed by atoms with E-state index < -0.39 is 30.1 Å². The zero-order valence-electron chi connectivity index (χ0n) is 10.3. The van der Waals surface area contributed by atoms with Gasteiger partial charge in [0.25, 0.3) is 0 Å². The van der Waals surface area contributed by atoms with Gasteiger partial charge < -0.3 is 20.4 Å². The van der Waals surface area contributed by atoms with Crippen LogP contribution in [0, 0.1) is 0 Å². The van der Waals surface area contributed by atoms with Gasteiger partial charge in [0.1, 0.15) is 12.1 Å². The predicted molar refractivity (Wildman–Crippen MR) is 64.6 cm³/mol. The van der Waals surface area contributed by atoms with E-state index in [1.807, 2.05) is 6.08 Å². The molecule has 2 aliphatic rings. The number of rotatable bonds is 2. The maximum absolute atomic E-state index is 12.3. The second-order valence-corrected chi connectivity index (χ2v) is 4.78. The summed E-state index contributed by atoms with van der Waals surface area (Å²) in [6, 6.07) is -1.90. The Kier molecular flexibility index (Phi) is 3.73. The van der Waals surface area contributed by atoms with E-state index in [-0.39, 0.29) is 12.5 Å². The van der Waals surface area contributed by atoms with E-state index in [4.69, 9.17) is 10.2 Å². The van der Waals surface area contributed by atoms with Crippen LogP contribution in [0.2, 0.25) is 0 Å². The Balaban J connectivity index is 2.25. The Labute approximate surface area is 109 Å². The average molecular weight is 268 g/mol. The fourth-order valence-corrected chi connectivity index (χ4v) is 2.73. The number of nitrogens with one attached hydrogen (secondary N) is 1. The van der Waals surface area contributed by atoms with E-state index in [9.17, 15) is 14.4 Å². The molecular weight excluding hydrogens is 252 g/mol. The molecule has 0 bridgehead atoms. The van der Waals surface area contributed by atoms with Crippen LogP contribution in [-0.4, -0.2) is 51.2 Å². The molecule has 0 aliphatic carbocycles. The van der Waals surface area contributed by atoms with Gasteiger partial charge in [0.2, 0.25) is 5.91 Å². The highest BCUT2D eigenvalue weighted by atomic mass is 16.4. The predicted octanol–water partition coefficient (Wildman–Crippen LogP) is 0.417. The Morgan fingerprint density at radius 1 is 1.21 bits per heavy atom.